The van der Waals surface area contributed by atoms with Gasteiger partial charge in [0, 0.05) is 12.0 Å². The predicted octanol–water partition coefficient (Wildman–Crippen LogP) is 3.82. The van der Waals surface area contributed by atoms with Crippen molar-refractivity contribution in [3.05, 3.63) is 23.8 Å². The van der Waals surface area contributed by atoms with Crippen LogP contribution in [0.25, 0.3) is 0 Å². The molecule has 2 unspecified atom stereocenters. The van der Waals surface area contributed by atoms with E-state index >= 15 is 0 Å². The summed E-state index contributed by atoms with van der Waals surface area (Å²) < 4.78 is 11.0. The number of nitrogens with one attached hydrogen (secondary N) is 1. The highest BCUT2D eigenvalue weighted by Gasteiger charge is 2.52. The average molecular weight is 401 g/mol. The Bertz CT molecular complexity index is 714. The summed E-state index contributed by atoms with van der Waals surface area (Å²) in [5.74, 6) is 4.19. The van der Waals surface area contributed by atoms with Gasteiger partial charge in [-0.15, -0.1) is 0 Å². The summed E-state index contributed by atoms with van der Waals surface area (Å²) in [6.45, 7) is 4.94. The topological polar surface area (TPSA) is 50.8 Å². The van der Waals surface area contributed by atoms with Gasteiger partial charge in [0.15, 0.2) is 11.5 Å². The first-order valence-electron chi connectivity index (χ1n) is 11.3. The molecule has 1 amide bonds. The first-order valence-corrected chi connectivity index (χ1v) is 11.3. The third-order valence-corrected chi connectivity index (χ3v) is 7.55. The summed E-state index contributed by atoms with van der Waals surface area (Å²) in [6.07, 6.45) is 7.50. The van der Waals surface area contributed by atoms with Crippen molar-refractivity contribution < 1.29 is 14.3 Å². The van der Waals surface area contributed by atoms with Crippen molar-refractivity contribution in [2.45, 2.75) is 57.4 Å². The van der Waals surface area contributed by atoms with Gasteiger partial charge in [-0.1, -0.05) is 25.8 Å². The van der Waals surface area contributed by atoms with Gasteiger partial charge in [-0.2, -0.15) is 0 Å². The van der Waals surface area contributed by atoms with Gasteiger partial charge in [0.1, 0.15) is 0 Å². The molecule has 4 rings (SSSR count). The normalized spacial score (nSPS) is 30.2. The van der Waals surface area contributed by atoms with Crippen molar-refractivity contribution in [1.29, 1.82) is 0 Å². The monoisotopic (exact) mass is 400 g/mol. The molecular formula is C24H36N2O3. The number of carbonyl (C=O) groups excluding carboxylic acids is 1. The SMILES string of the molecule is COc1ccc([C@H]2C3CCCCC3[C@@H]2NC(=O)CN2CCC(C)CC2)cc1OC. The highest BCUT2D eigenvalue weighted by atomic mass is 16.5. The van der Waals surface area contributed by atoms with Gasteiger partial charge in [0.2, 0.25) is 5.91 Å². The molecule has 2 aliphatic carbocycles. The molecule has 1 saturated heterocycles. The van der Waals surface area contributed by atoms with E-state index in [2.05, 4.69) is 29.3 Å². The number of carbonyl (C=O) groups is 1. The number of benzene rings is 1. The number of hydrogen-bond donors (Lipinski definition) is 1. The third kappa shape index (κ3) is 4.25. The predicted molar refractivity (Wildman–Crippen MR) is 115 cm³/mol. The molecule has 5 nitrogen and oxygen atoms in total. The highest BCUT2D eigenvalue weighted by molar-refractivity contribution is 5.78. The Hall–Kier alpha value is -1.75. The minimum absolute atomic E-state index is 0.194. The Morgan fingerprint density at radius 1 is 1.03 bits per heavy atom. The maximum absolute atomic E-state index is 12.9. The highest BCUT2D eigenvalue weighted by Crippen LogP contribution is 2.55. The maximum atomic E-state index is 12.9. The molecule has 1 aliphatic heterocycles. The van der Waals surface area contributed by atoms with E-state index in [9.17, 15) is 4.79 Å². The number of fused-ring (bicyclic) bond motifs is 1. The Morgan fingerprint density at radius 2 is 1.72 bits per heavy atom. The number of hydrogen-bond acceptors (Lipinski definition) is 4. The zero-order valence-electron chi connectivity index (χ0n) is 18.2. The number of ether oxygens (including phenoxy) is 2. The summed E-state index contributed by atoms with van der Waals surface area (Å²) in [5, 5.41) is 3.44. The van der Waals surface area contributed by atoms with Crippen LogP contribution < -0.4 is 14.8 Å². The van der Waals surface area contributed by atoms with E-state index in [0.29, 0.717) is 24.3 Å². The third-order valence-electron chi connectivity index (χ3n) is 7.55. The van der Waals surface area contributed by atoms with Crippen LogP contribution in [0, 0.1) is 17.8 Å². The van der Waals surface area contributed by atoms with Crippen LogP contribution in [0.15, 0.2) is 18.2 Å². The fourth-order valence-corrected chi connectivity index (χ4v) is 5.83. The van der Waals surface area contributed by atoms with Gasteiger partial charge in [0.25, 0.3) is 0 Å². The van der Waals surface area contributed by atoms with E-state index in [-0.39, 0.29) is 11.9 Å². The lowest BCUT2D eigenvalue weighted by molar-refractivity contribution is -0.126. The summed E-state index contributed by atoms with van der Waals surface area (Å²) in [4.78, 5) is 15.2. The van der Waals surface area contributed by atoms with Crippen molar-refractivity contribution in [1.82, 2.24) is 10.2 Å². The van der Waals surface area contributed by atoms with E-state index in [1.807, 2.05) is 6.07 Å². The second-order valence-electron chi connectivity index (χ2n) is 9.30. The van der Waals surface area contributed by atoms with Crippen LogP contribution >= 0.6 is 0 Å². The van der Waals surface area contributed by atoms with Gasteiger partial charge in [-0.05, 0) is 74.2 Å². The molecule has 1 aromatic carbocycles. The first kappa shape index (κ1) is 20.5. The number of rotatable bonds is 6. The van der Waals surface area contributed by atoms with Crippen LogP contribution in [0.4, 0.5) is 0 Å². The van der Waals surface area contributed by atoms with Gasteiger partial charge in [-0.25, -0.2) is 0 Å². The molecule has 2 saturated carbocycles. The minimum atomic E-state index is 0.194. The molecule has 1 N–H and O–H groups in total. The average Bonchev–Trinajstić information content (AvgIpc) is 2.74. The minimum Gasteiger partial charge on any atom is -0.493 e. The molecule has 160 valence electrons. The number of amides is 1. The smallest absolute Gasteiger partial charge is 0.234 e. The van der Waals surface area contributed by atoms with E-state index in [1.165, 1.54) is 44.1 Å². The lowest BCUT2D eigenvalue weighted by Gasteiger charge is -2.55. The first-order chi connectivity index (χ1) is 14.1. The lowest BCUT2D eigenvalue weighted by Crippen LogP contribution is -2.60. The quantitative estimate of drug-likeness (QED) is 0.789. The summed E-state index contributed by atoms with van der Waals surface area (Å²) in [7, 11) is 3.35. The fraction of sp³-hybridized carbons (Fsp3) is 0.708. The largest absolute Gasteiger partial charge is 0.493 e. The Labute approximate surface area is 175 Å². The second kappa shape index (κ2) is 8.95. The molecule has 0 aromatic heterocycles. The van der Waals surface area contributed by atoms with Crippen LogP contribution in [0.3, 0.4) is 0 Å². The number of piperidine rings is 1. The number of likely N-dealkylation sites (tertiary alicyclic amines) is 1. The molecule has 0 spiro atoms. The van der Waals surface area contributed by atoms with E-state index < -0.39 is 0 Å². The molecule has 1 aromatic rings. The molecular weight excluding hydrogens is 364 g/mol. The van der Waals surface area contributed by atoms with Crippen LogP contribution in [0.2, 0.25) is 0 Å². The van der Waals surface area contributed by atoms with Crippen molar-refractivity contribution in [3.63, 3.8) is 0 Å². The maximum Gasteiger partial charge on any atom is 0.234 e. The summed E-state index contributed by atoms with van der Waals surface area (Å²) in [6, 6.07) is 6.51. The zero-order chi connectivity index (χ0) is 20.4. The van der Waals surface area contributed by atoms with Gasteiger partial charge < -0.3 is 14.8 Å². The van der Waals surface area contributed by atoms with Gasteiger partial charge in [-0.3, -0.25) is 9.69 Å². The van der Waals surface area contributed by atoms with E-state index in [4.69, 9.17) is 9.47 Å². The molecule has 3 fully saturated rings. The standard InChI is InChI=1S/C24H36N2O3/c1-16-10-12-26(13-11-16)15-22(27)25-24-19-7-5-4-6-18(19)23(24)17-8-9-20(28-2)21(14-17)29-3/h8-9,14,16,18-19,23-24H,4-7,10-13,15H2,1-3H3,(H,25,27)/t18?,19?,23-,24-/m0/s1. The van der Waals surface area contributed by atoms with Crippen LogP contribution in [0.1, 0.15) is 56.9 Å². The summed E-state index contributed by atoms with van der Waals surface area (Å²) >= 11 is 0. The molecule has 1 heterocycles. The van der Waals surface area contributed by atoms with Crippen molar-refractivity contribution in [2.24, 2.45) is 17.8 Å². The Balaban J connectivity index is 1.46. The Morgan fingerprint density at radius 3 is 2.41 bits per heavy atom. The number of nitrogens with zero attached hydrogens (tertiary/aromatic N) is 1. The van der Waals surface area contributed by atoms with Crippen molar-refractivity contribution >= 4 is 5.91 Å². The molecule has 3 aliphatic rings. The van der Waals surface area contributed by atoms with E-state index in [1.54, 1.807) is 14.2 Å². The molecule has 0 radical (unpaired) electrons. The van der Waals surface area contributed by atoms with Gasteiger partial charge >= 0.3 is 0 Å². The van der Waals surface area contributed by atoms with Crippen LogP contribution in [0.5, 0.6) is 11.5 Å². The van der Waals surface area contributed by atoms with Crippen LogP contribution in [-0.2, 0) is 4.79 Å². The Kier molecular flexibility index (Phi) is 6.33. The summed E-state index contributed by atoms with van der Waals surface area (Å²) in [5.41, 5.74) is 1.27. The van der Waals surface area contributed by atoms with Crippen LogP contribution in [-0.4, -0.2) is 50.7 Å². The molecule has 4 atom stereocenters. The van der Waals surface area contributed by atoms with Gasteiger partial charge in [0.05, 0.1) is 20.8 Å². The van der Waals surface area contributed by atoms with E-state index in [0.717, 1.165) is 30.5 Å². The van der Waals surface area contributed by atoms with Crippen molar-refractivity contribution in [2.75, 3.05) is 33.9 Å². The van der Waals surface area contributed by atoms with Crippen molar-refractivity contribution in [3.8, 4) is 11.5 Å². The molecule has 0 bridgehead atoms. The fourth-order valence-electron chi connectivity index (χ4n) is 5.83. The second-order valence-corrected chi connectivity index (χ2v) is 9.30. The molecule has 5 heteroatoms. The molecule has 29 heavy (non-hydrogen) atoms. The number of methoxy groups -OCH3 is 2. The zero-order valence-corrected chi connectivity index (χ0v) is 18.2. The lowest BCUT2D eigenvalue weighted by atomic mass is 9.53.